The largest absolute Gasteiger partial charge is 0.357 e. The first kappa shape index (κ1) is 22.2. The molecule has 1 aliphatic heterocycles. The molecule has 2 aromatic carbocycles. The lowest BCUT2D eigenvalue weighted by Gasteiger charge is -2.21. The van der Waals surface area contributed by atoms with Gasteiger partial charge in [0.25, 0.3) is 5.91 Å². The van der Waals surface area contributed by atoms with Crippen LogP contribution in [-0.4, -0.2) is 55.7 Å². The number of thioether (sulfide) groups is 1. The number of hydrogen-bond acceptors (Lipinski definition) is 3. The number of carbonyl (C=O) groups excluding carboxylic acids is 1. The summed E-state index contributed by atoms with van der Waals surface area (Å²) in [6.45, 7) is 5.79. The number of likely N-dealkylation sites (tertiary alicyclic amines) is 1. The Hall–Kier alpha value is -2.47. The second kappa shape index (κ2) is 11.6. The molecule has 1 heterocycles. The maximum Gasteiger partial charge on any atom is 0.251 e. The second-order valence-electron chi connectivity index (χ2n) is 7.49. The van der Waals surface area contributed by atoms with E-state index in [4.69, 9.17) is 4.99 Å². The van der Waals surface area contributed by atoms with E-state index < -0.39 is 0 Å². The minimum absolute atomic E-state index is 0.0508. The molecule has 0 bridgehead atoms. The van der Waals surface area contributed by atoms with Crippen LogP contribution in [0.5, 0.6) is 0 Å². The molecule has 2 N–H and O–H groups in total. The Balaban J connectivity index is 1.52. The smallest absolute Gasteiger partial charge is 0.251 e. The highest BCUT2D eigenvalue weighted by atomic mass is 32.2. The van der Waals surface area contributed by atoms with Gasteiger partial charge in [-0.25, -0.2) is 0 Å². The first-order valence-electron chi connectivity index (χ1n) is 10.7. The van der Waals surface area contributed by atoms with Crippen molar-refractivity contribution in [2.45, 2.75) is 24.7 Å². The van der Waals surface area contributed by atoms with Gasteiger partial charge in [0.2, 0.25) is 0 Å². The van der Waals surface area contributed by atoms with E-state index in [0.29, 0.717) is 18.0 Å². The van der Waals surface area contributed by atoms with Crippen LogP contribution in [0.25, 0.3) is 0 Å². The van der Waals surface area contributed by atoms with Crippen LogP contribution in [0.15, 0.2) is 64.5 Å². The third kappa shape index (κ3) is 6.52. The van der Waals surface area contributed by atoms with Crippen molar-refractivity contribution in [2.24, 2.45) is 10.9 Å². The number of hydrogen-bond donors (Lipinski definition) is 2. The standard InChI is InChI=1S/C24H32N4OS/c1-3-26-24(27-14-12-19-8-7-9-21(16-19)23(29)25-2)28-15-13-20(17-28)18-30-22-10-5-4-6-11-22/h4-11,16,20H,3,12-15,17-18H2,1-2H3,(H,25,29)(H,26,27). The fourth-order valence-electron chi connectivity index (χ4n) is 3.62. The molecule has 5 nitrogen and oxygen atoms in total. The van der Waals surface area contributed by atoms with Gasteiger partial charge in [-0.3, -0.25) is 9.79 Å². The Labute approximate surface area is 184 Å². The van der Waals surface area contributed by atoms with Crippen molar-refractivity contribution in [3.63, 3.8) is 0 Å². The summed E-state index contributed by atoms with van der Waals surface area (Å²) in [7, 11) is 1.66. The van der Waals surface area contributed by atoms with Gasteiger partial charge < -0.3 is 15.5 Å². The van der Waals surface area contributed by atoms with E-state index in [2.05, 4.69) is 58.9 Å². The summed E-state index contributed by atoms with van der Waals surface area (Å²) in [5, 5.41) is 6.13. The lowest BCUT2D eigenvalue weighted by atomic mass is 10.1. The van der Waals surface area contributed by atoms with Gasteiger partial charge in [-0.1, -0.05) is 30.3 Å². The third-order valence-corrected chi connectivity index (χ3v) is 6.47. The lowest BCUT2D eigenvalue weighted by Crippen LogP contribution is -2.40. The summed E-state index contributed by atoms with van der Waals surface area (Å²) in [4.78, 5) is 20.4. The molecule has 2 aromatic rings. The molecule has 3 rings (SSSR count). The van der Waals surface area contributed by atoms with E-state index in [9.17, 15) is 4.79 Å². The van der Waals surface area contributed by atoms with Gasteiger partial charge in [-0.15, -0.1) is 11.8 Å². The molecule has 1 aliphatic rings. The average Bonchev–Trinajstić information content (AvgIpc) is 3.26. The van der Waals surface area contributed by atoms with Crippen molar-refractivity contribution in [1.29, 1.82) is 0 Å². The molecular weight excluding hydrogens is 392 g/mol. The Bertz CT molecular complexity index is 840. The fraction of sp³-hybridized carbons (Fsp3) is 0.417. The first-order valence-corrected chi connectivity index (χ1v) is 11.7. The zero-order valence-corrected chi connectivity index (χ0v) is 18.8. The van der Waals surface area contributed by atoms with Gasteiger partial charge in [0, 0.05) is 49.4 Å². The number of rotatable bonds is 8. The van der Waals surface area contributed by atoms with Gasteiger partial charge in [-0.05, 0) is 55.5 Å². The molecule has 0 radical (unpaired) electrons. The Morgan fingerprint density at radius 1 is 1.20 bits per heavy atom. The molecule has 0 saturated carbocycles. The van der Waals surface area contributed by atoms with E-state index >= 15 is 0 Å². The minimum atomic E-state index is -0.0508. The summed E-state index contributed by atoms with van der Waals surface area (Å²) in [6, 6.07) is 18.4. The molecule has 30 heavy (non-hydrogen) atoms. The molecule has 6 heteroatoms. The van der Waals surface area contributed by atoms with Crippen LogP contribution in [0.2, 0.25) is 0 Å². The molecule has 0 aromatic heterocycles. The summed E-state index contributed by atoms with van der Waals surface area (Å²) in [5.41, 5.74) is 1.83. The number of nitrogens with one attached hydrogen (secondary N) is 2. The van der Waals surface area contributed by atoms with Crippen molar-refractivity contribution >= 4 is 23.6 Å². The topological polar surface area (TPSA) is 56.7 Å². The van der Waals surface area contributed by atoms with Gasteiger partial charge in [-0.2, -0.15) is 0 Å². The van der Waals surface area contributed by atoms with Crippen molar-refractivity contribution in [2.75, 3.05) is 39.0 Å². The third-order valence-electron chi connectivity index (χ3n) is 5.23. The summed E-state index contributed by atoms with van der Waals surface area (Å²) in [6.07, 6.45) is 2.03. The SMILES string of the molecule is CCNC(=NCCc1cccc(C(=O)NC)c1)N1CCC(CSc2ccccc2)C1. The Morgan fingerprint density at radius 2 is 2.03 bits per heavy atom. The lowest BCUT2D eigenvalue weighted by molar-refractivity contribution is 0.0963. The molecular formula is C24H32N4OS. The van der Waals surface area contributed by atoms with Crippen molar-refractivity contribution in [3.05, 3.63) is 65.7 Å². The summed E-state index contributed by atoms with van der Waals surface area (Å²) in [5.74, 6) is 2.78. The van der Waals surface area contributed by atoms with Crippen LogP contribution in [0.3, 0.4) is 0 Å². The molecule has 0 spiro atoms. The number of benzene rings is 2. The van der Waals surface area contributed by atoms with Gasteiger partial charge in [0.1, 0.15) is 0 Å². The normalized spacial score (nSPS) is 16.5. The molecule has 1 amide bonds. The van der Waals surface area contributed by atoms with Crippen molar-refractivity contribution < 1.29 is 4.79 Å². The van der Waals surface area contributed by atoms with Crippen LogP contribution in [0.1, 0.15) is 29.3 Å². The number of guanidine groups is 1. The summed E-state index contributed by atoms with van der Waals surface area (Å²) >= 11 is 1.95. The van der Waals surface area contributed by atoms with Crippen molar-refractivity contribution in [1.82, 2.24) is 15.5 Å². The Kier molecular flexibility index (Phi) is 8.63. The van der Waals surface area contributed by atoms with Crippen LogP contribution >= 0.6 is 11.8 Å². The number of carbonyl (C=O) groups is 1. The highest BCUT2D eigenvalue weighted by Crippen LogP contribution is 2.25. The number of aliphatic imine (C=N–C) groups is 1. The number of nitrogens with zero attached hydrogens (tertiary/aromatic N) is 2. The molecule has 1 fully saturated rings. The molecule has 0 aliphatic carbocycles. The van der Waals surface area contributed by atoms with Crippen molar-refractivity contribution in [3.8, 4) is 0 Å². The monoisotopic (exact) mass is 424 g/mol. The second-order valence-corrected chi connectivity index (χ2v) is 8.58. The van der Waals surface area contributed by atoms with E-state index in [1.807, 2.05) is 30.0 Å². The quantitative estimate of drug-likeness (QED) is 0.386. The van der Waals surface area contributed by atoms with Crippen LogP contribution in [0.4, 0.5) is 0 Å². The van der Waals surface area contributed by atoms with Crippen LogP contribution < -0.4 is 10.6 Å². The van der Waals surface area contributed by atoms with E-state index in [1.165, 1.54) is 11.3 Å². The number of amides is 1. The van der Waals surface area contributed by atoms with Gasteiger partial charge >= 0.3 is 0 Å². The maximum atomic E-state index is 11.8. The minimum Gasteiger partial charge on any atom is -0.357 e. The molecule has 160 valence electrons. The predicted molar refractivity (Wildman–Crippen MR) is 126 cm³/mol. The van der Waals surface area contributed by atoms with Crippen LogP contribution in [0, 0.1) is 5.92 Å². The maximum absolute atomic E-state index is 11.8. The fourth-order valence-corrected chi connectivity index (χ4v) is 4.67. The highest BCUT2D eigenvalue weighted by molar-refractivity contribution is 7.99. The Morgan fingerprint density at radius 3 is 2.80 bits per heavy atom. The van der Waals surface area contributed by atoms with E-state index in [-0.39, 0.29) is 5.91 Å². The molecule has 1 saturated heterocycles. The summed E-state index contributed by atoms with van der Waals surface area (Å²) < 4.78 is 0. The molecule has 1 atom stereocenters. The molecule has 1 unspecified atom stereocenters. The predicted octanol–water partition coefficient (Wildman–Crippen LogP) is 3.67. The van der Waals surface area contributed by atoms with Gasteiger partial charge in [0.15, 0.2) is 5.96 Å². The first-order chi connectivity index (χ1) is 14.7. The van der Waals surface area contributed by atoms with Gasteiger partial charge in [0.05, 0.1) is 0 Å². The zero-order chi connectivity index (χ0) is 21.2. The zero-order valence-electron chi connectivity index (χ0n) is 17.9. The van der Waals surface area contributed by atoms with Crippen LogP contribution in [-0.2, 0) is 6.42 Å². The van der Waals surface area contributed by atoms with E-state index in [0.717, 1.165) is 43.3 Å². The highest BCUT2D eigenvalue weighted by Gasteiger charge is 2.24. The average molecular weight is 425 g/mol. The van der Waals surface area contributed by atoms with E-state index in [1.54, 1.807) is 7.05 Å².